The minimum Gasteiger partial charge on any atom is -0.481 e. The molecular weight excluding hydrogens is 256 g/mol. The van der Waals surface area contributed by atoms with E-state index in [4.69, 9.17) is 5.11 Å². The molecule has 0 aromatic heterocycles. The lowest BCUT2D eigenvalue weighted by Gasteiger charge is -2.34. The molecule has 0 saturated heterocycles. The summed E-state index contributed by atoms with van der Waals surface area (Å²) in [6.45, 7) is 4.44. The number of urea groups is 1. The maximum absolute atomic E-state index is 12.0. The Morgan fingerprint density at radius 3 is 2.45 bits per heavy atom. The van der Waals surface area contributed by atoms with Crippen molar-refractivity contribution in [2.24, 2.45) is 17.8 Å². The van der Waals surface area contributed by atoms with Gasteiger partial charge in [0.25, 0.3) is 0 Å². The first-order valence-corrected chi connectivity index (χ1v) is 7.77. The molecule has 2 amide bonds. The van der Waals surface area contributed by atoms with Crippen LogP contribution in [0.2, 0.25) is 0 Å². The standard InChI is InChI=1S/C15H26N2O3/c1-9-4-3-5-13(10(9)2)17-15(20)16-12-7-6-11(8-12)14(18)19/h9-13H,3-8H2,1-2H3,(H,18,19)(H2,16,17,20)/t9?,10?,11-,12+,13?/m1/s1. The van der Waals surface area contributed by atoms with Crippen LogP contribution in [0.25, 0.3) is 0 Å². The summed E-state index contributed by atoms with van der Waals surface area (Å²) in [5.74, 6) is 0.111. The highest BCUT2D eigenvalue weighted by atomic mass is 16.4. The van der Waals surface area contributed by atoms with E-state index in [2.05, 4.69) is 24.5 Å². The highest BCUT2D eigenvalue weighted by molar-refractivity contribution is 5.75. The minimum absolute atomic E-state index is 0.00687. The van der Waals surface area contributed by atoms with E-state index in [-0.39, 0.29) is 24.0 Å². The number of carbonyl (C=O) groups is 2. The number of carboxylic acids is 1. The minimum atomic E-state index is -0.746. The Balaban J connectivity index is 1.77. The van der Waals surface area contributed by atoms with Crippen LogP contribution in [0.5, 0.6) is 0 Å². The molecule has 0 aromatic carbocycles. The van der Waals surface area contributed by atoms with E-state index in [0.29, 0.717) is 24.7 Å². The summed E-state index contributed by atoms with van der Waals surface area (Å²) in [6.07, 6.45) is 5.43. The van der Waals surface area contributed by atoms with Crippen molar-refractivity contribution in [1.82, 2.24) is 10.6 Å². The molecule has 5 nitrogen and oxygen atoms in total. The van der Waals surface area contributed by atoms with Crippen molar-refractivity contribution in [2.75, 3.05) is 0 Å². The summed E-state index contributed by atoms with van der Waals surface area (Å²) in [4.78, 5) is 22.9. The molecular formula is C15H26N2O3. The topological polar surface area (TPSA) is 78.4 Å². The first-order chi connectivity index (χ1) is 9.47. The highest BCUT2D eigenvalue weighted by Crippen LogP contribution is 2.29. The molecule has 0 aliphatic heterocycles. The maximum Gasteiger partial charge on any atom is 0.315 e. The predicted octanol–water partition coefficient (Wildman–Crippen LogP) is 2.36. The summed E-state index contributed by atoms with van der Waals surface area (Å²) < 4.78 is 0. The fourth-order valence-corrected chi connectivity index (χ4v) is 3.52. The number of rotatable bonds is 3. The van der Waals surface area contributed by atoms with Gasteiger partial charge in [-0.1, -0.05) is 26.7 Å². The smallest absolute Gasteiger partial charge is 0.315 e. The third kappa shape index (κ3) is 3.64. The van der Waals surface area contributed by atoms with Crippen molar-refractivity contribution in [3.63, 3.8) is 0 Å². The third-order valence-electron chi connectivity index (χ3n) is 5.14. The molecule has 2 rings (SSSR count). The van der Waals surface area contributed by atoms with Gasteiger partial charge in [0.05, 0.1) is 5.92 Å². The molecule has 5 atom stereocenters. The SMILES string of the molecule is CC1CCCC(NC(=O)N[C@H]2CC[C@@H](C(=O)O)C2)C1C. The maximum atomic E-state index is 12.0. The van der Waals surface area contributed by atoms with Crippen molar-refractivity contribution in [3.05, 3.63) is 0 Å². The number of hydrogen-bond acceptors (Lipinski definition) is 2. The summed E-state index contributed by atoms with van der Waals surface area (Å²) in [5, 5.41) is 15.0. The number of nitrogens with one attached hydrogen (secondary N) is 2. The molecule has 0 aromatic rings. The van der Waals surface area contributed by atoms with Gasteiger partial charge in [0.1, 0.15) is 0 Å². The second-order valence-electron chi connectivity index (χ2n) is 6.54. The van der Waals surface area contributed by atoms with E-state index in [1.165, 1.54) is 12.8 Å². The van der Waals surface area contributed by atoms with Gasteiger partial charge in [0.2, 0.25) is 0 Å². The summed E-state index contributed by atoms with van der Waals surface area (Å²) in [7, 11) is 0. The van der Waals surface area contributed by atoms with E-state index in [9.17, 15) is 9.59 Å². The fraction of sp³-hybridized carbons (Fsp3) is 0.867. The van der Waals surface area contributed by atoms with Gasteiger partial charge in [-0.05, 0) is 37.5 Å². The average molecular weight is 282 g/mol. The molecule has 2 fully saturated rings. The Labute approximate surface area is 120 Å². The molecule has 0 spiro atoms. The first-order valence-electron chi connectivity index (χ1n) is 7.77. The monoisotopic (exact) mass is 282 g/mol. The van der Waals surface area contributed by atoms with Crippen LogP contribution in [0.3, 0.4) is 0 Å². The number of carbonyl (C=O) groups excluding carboxylic acids is 1. The van der Waals surface area contributed by atoms with Gasteiger partial charge in [0.15, 0.2) is 0 Å². The quantitative estimate of drug-likeness (QED) is 0.743. The lowest BCUT2D eigenvalue weighted by atomic mass is 9.78. The van der Waals surface area contributed by atoms with Gasteiger partial charge in [-0.15, -0.1) is 0 Å². The van der Waals surface area contributed by atoms with Crippen LogP contribution in [0.15, 0.2) is 0 Å². The van der Waals surface area contributed by atoms with Crippen LogP contribution in [-0.2, 0) is 4.79 Å². The zero-order chi connectivity index (χ0) is 14.7. The van der Waals surface area contributed by atoms with Crippen molar-refractivity contribution < 1.29 is 14.7 Å². The van der Waals surface area contributed by atoms with Gasteiger partial charge in [-0.2, -0.15) is 0 Å². The normalized spacial score (nSPS) is 37.4. The Bertz CT molecular complexity index is 372. The Morgan fingerprint density at radius 2 is 1.80 bits per heavy atom. The van der Waals surface area contributed by atoms with Gasteiger partial charge >= 0.3 is 12.0 Å². The fourth-order valence-electron chi connectivity index (χ4n) is 3.52. The van der Waals surface area contributed by atoms with Crippen molar-refractivity contribution in [1.29, 1.82) is 0 Å². The lowest BCUT2D eigenvalue weighted by Crippen LogP contribution is -2.49. The van der Waals surface area contributed by atoms with Crippen LogP contribution < -0.4 is 10.6 Å². The molecule has 0 radical (unpaired) electrons. The van der Waals surface area contributed by atoms with Crippen molar-refractivity contribution >= 4 is 12.0 Å². The molecule has 2 saturated carbocycles. The van der Waals surface area contributed by atoms with Gasteiger partial charge in [0, 0.05) is 12.1 Å². The molecule has 2 aliphatic carbocycles. The molecule has 3 N–H and O–H groups in total. The Kier molecular flexibility index (Phi) is 4.89. The first kappa shape index (κ1) is 15.1. The van der Waals surface area contributed by atoms with Crippen molar-refractivity contribution in [3.8, 4) is 0 Å². The van der Waals surface area contributed by atoms with Crippen LogP contribution in [0.4, 0.5) is 4.79 Å². The molecule has 5 heteroatoms. The second-order valence-corrected chi connectivity index (χ2v) is 6.54. The van der Waals surface area contributed by atoms with E-state index in [0.717, 1.165) is 12.8 Å². The molecule has 20 heavy (non-hydrogen) atoms. The predicted molar refractivity (Wildman–Crippen MR) is 76.4 cm³/mol. The molecule has 2 aliphatic rings. The molecule has 0 bridgehead atoms. The molecule has 0 heterocycles. The number of carboxylic acid groups (broad SMARTS) is 1. The summed E-state index contributed by atoms with van der Waals surface area (Å²) >= 11 is 0. The van der Waals surface area contributed by atoms with Crippen LogP contribution >= 0.6 is 0 Å². The van der Waals surface area contributed by atoms with Crippen LogP contribution in [0, 0.1) is 17.8 Å². The third-order valence-corrected chi connectivity index (χ3v) is 5.14. The summed E-state index contributed by atoms with van der Waals surface area (Å²) in [6, 6.07) is 0.120. The highest BCUT2D eigenvalue weighted by Gasteiger charge is 2.32. The number of amides is 2. The number of aliphatic carboxylic acids is 1. The Morgan fingerprint density at radius 1 is 1.05 bits per heavy atom. The van der Waals surface area contributed by atoms with Crippen LogP contribution in [-0.4, -0.2) is 29.2 Å². The Hall–Kier alpha value is -1.26. The van der Waals surface area contributed by atoms with E-state index < -0.39 is 5.97 Å². The van der Waals surface area contributed by atoms with Gasteiger partial charge in [-0.3, -0.25) is 4.79 Å². The number of hydrogen-bond donors (Lipinski definition) is 3. The zero-order valence-electron chi connectivity index (χ0n) is 12.4. The molecule has 3 unspecified atom stereocenters. The van der Waals surface area contributed by atoms with E-state index in [1.807, 2.05) is 0 Å². The average Bonchev–Trinajstić information content (AvgIpc) is 2.83. The van der Waals surface area contributed by atoms with Crippen molar-refractivity contribution in [2.45, 2.75) is 64.5 Å². The largest absolute Gasteiger partial charge is 0.481 e. The zero-order valence-corrected chi connectivity index (χ0v) is 12.4. The summed E-state index contributed by atoms with van der Waals surface area (Å²) in [5.41, 5.74) is 0. The van der Waals surface area contributed by atoms with Gasteiger partial charge in [-0.25, -0.2) is 4.79 Å². The van der Waals surface area contributed by atoms with Gasteiger partial charge < -0.3 is 15.7 Å². The van der Waals surface area contributed by atoms with Crippen LogP contribution in [0.1, 0.15) is 52.4 Å². The second kappa shape index (κ2) is 6.46. The molecule has 114 valence electrons. The van der Waals surface area contributed by atoms with E-state index >= 15 is 0 Å². The lowest BCUT2D eigenvalue weighted by molar-refractivity contribution is -0.141. The van der Waals surface area contributed by atoms with E-state index in [1.54, 1.807) is 0 Å².